The molecule has 0 unspecified atom stereocenters. The molecule has 238 valence electrons. The second kappa shape index (κ2) is 17.9. The van der Waals surface area contributed by atoms with Crippen molar-refractivity contribution in [1.82, 2.24) is 31.9 Å². The number of hydrogen-bond acceptors (Lipinski definition) is 7. The van der Waals surface area contributed by atoms with Gasteiger partial charge < -0.3 is 37.0 Å². The number of carbonyl (C=O) groups excluding carboxylic acids is 6. The third kappa shape index (κ3) is 12.9. The average Bonchev–Trinajstić information content (AvgIpc) is 2.98. The van der Waals surface area contributed by atoms with Crippen LogP contribution in [0.15, 0.2) is 54.6 Å². The Balaban J connectivity index is 1.97. The first-order valence-electron chi connectivity index (χ1n) is 14.3. The number of benzene rings is 2. The van der Waals surface area contributed by atoms with Crippen molar-refractivity contribution in [3.8, 4) is 5.75 Å². The van der Waals surface area contributed by atoms with Gasteiger partial charge in [-0.2, -0.15) is 0 Å². The molecule has 44 heavy (non-hydrogen) atoms. The maximum atomic E-state index is 13.2. The van der Waals surface area contributed by atoms with E-state index in [9.17, 15) is 33.9 Å². The van der Waals surface area contributed by atoms with Crippen molar-refractivity contribution in [3.63, 3.8) is 0 Å². The summed E-state index contributed by atoms with van der Waals surface area (Å²) in [5.41, 5.74) is 1.46. The van der Waals surface area contributed by atoms with Crippen molar-refractivity contribution in [3.05, 3.63) is 65.7 Å². The normalized spacial score (nSPS) is 12.7. The van der Waals surface area contributed by atoms with Gasteiger partial charge in [-0.05, 0) is 35.6 Å². The van der Waals surface area contributed by atoms with Crippen molar-refractivity contribution < 1.29 is 33.9 Å². The summed E-state index contributed by atoms with van der Waals surface area (Å²) in [7, 11) is 1.48. The lowest BCUT2D eigenvalue weighted by atomic mass is 10.0. The lowest BCUT2D eigenvalue weighted by molar-refractivity contribution is -0.132. The number of rotatable bonds is 16. The summed E-state index contributed by atoms with van der Waals surface area (Å²) in [6.45, 7) is 4.17. The van der Waals surface area contributed by atoms with Crippen LogP contribution in [0.25, 0.3) is 0 Å². The summed E-state index contributed by atoms with van der Waals surface area (Å²) in [6, 6.07) is 12.4. The molecule has 13 heteroatoms. The molecule has 7 N–H and O–H groups in total. The van der Waals surface area contributed by atoms with Gasteiger partial charge in [0.2, 0.25) is 35.4 Å². The third-order valence-electron chi connectivity index (χ3n) is 6.46. The van der Waals surface area contributed by atoms with E-state index >= 15 is 0 Å². The van der Waals surface area contributed by atoms with Crippen LogP contribution < -0.4 is 31.9 Å². The van der Waals surface area contributed by atoms with Gasteiger partial charge in [-0.1, -0.05) is 56.3 Å². The van der Waals surface area contributed by atoms with Gasteiger partial charge in [0, 0.05) is 26.8 Å². The molecule has 0 saturated carbocycles. The molecule has 13 nitrogen and oxygen atoms in total. The number of nitrogens with one attached hydrogen (secondary N) is 6. The van der Waals surface area contributed by atoms with E-state index in [-0.39, 0.29) is 30.4 Å². The van der Waals surface area contributed by atoms with Gasteiger partial charge in [-0.3, -0.25) is 28.8 Å². The summed E-state index contributed by atoms with van der Waals surface area (Å²) in [5.74, 6) is -3.09. The number of aromatic hydroxyl groups is 1. The largest absolute Gasteiger partial charge is 0.508 e. The highest BCUT2D eigenvalue weighted by atomic mass is 16.3. The van der Waals surface area contributed by atoms with Crippen molar-refractivity contribution in [2.24, 2.45) is 5.92 Å². The van der Waals surface area contributed by atoms with Crippen LogP contribution in [0.3, 0.4) is 0 Å². The maximum Gasteiger partial charge on any atom is 0.243 e. The third-order valence-corrected chi connectivity index (χ3v) is 6.46. The first-order chi connectivity index (χ1) is 20.9. The number of phenols is 1. The lowest BCUT2D eigenvalue weighted by Gasteiger charge is -2.24. The fraction of sp³-hybridized carbons (Fsp3) is 0.419. The predicted octanol–water partition coefficient (Wildman–Crippen LogP) is -0.324. The molecule has 0 aliphatic carbocycles. The molecule has 0 bridgehead atoms. The molecule has 2 aromatic rings. The van der Waals surface area contributed by atoms with Crippen LogP contribution in [0.2, 0.25) is 0 Å². The van der Waals surface area contributed by atoms with E-state index in [1.807, 2.05) is 19.9 Å². The van der Waals surface area contributed by atoms with Gasteiger partial charge in [0.25, 0.3) is 0 Å². The Morgan fingerprint density at radius 2 is 1.23 bits per heavy atom. The monoisotopic (exact) mass is 610 g/mol. The van der Waals surface area contributed by atoms with E-state index in [2.05, 4.69) is 31.9 Å². The molecule has 0 spiro atoms. The Hall–Kier alpha value is -4.94. The molecule has 0 saturated heterocycles. The Labute approximate surface area is 256 Å². The van der Waals surface area contributed by atoms with Gasteiger partial charge in [-0.25, -0.2) is 0 Å². The molecular weight excluding hydrogens is 568 g/mol. The summed E-state index contributed by atoms with van der Waals surface area (Å²) in [5, 5.41) is 24.7. The number of amides is 6. The van der Waals surface area contributed by atoms with Crippen molar-refractivity contribution in [2.45, 2.75) is 58.2 Å². The Morgan fingerprint density at radius 3 is 1.80 bits per heavy atom. The maximum absolute atomic E-state index is 13.2. The minimum atomic E-state index is -1.03. The first kappa shape index (κ1) is 35.3. The van der Waals surface area contributed by atoms with E-state index in [1.165, 1.54) is 26.1 Å². The minimum Gasteiger partial charge on any atom is -0.508 e. The lowest BCUT2D eigenvalue weighted by Crippen LogP contribution is -2.55. The highest BCUT2D eigenvalue weighted by molar-refractivity contribution is 5.94. The Kier molecular flexibility index (Phi) is 14.3. The fourth-order valence-corrected chi connectivity index (χ4v) is 4.31. The molecule has 2 aromatic carbocycles. The topological polar surface area (TPSA) is 195 Å². The van der Waals surface area contributed by atoms with Crippen LogP contribution in [0, 0.1) is 5.92 Å². The van der Waals surface area contributed by atoms with E-state index in [0.717, 1.165) is 5.56 Å². The summed E-state index contributed by atoms with van der Waals surface area (Å²) in [4.78, 5) is 75.1. The Morgan fingerprint density at radius 1 is 0.659 bits per heavy atom. The second-order valence-corrected chi connectivity index (χ2v) is 10.7. The standard InChI is InChI=1S/C31H42N6O7/c1-19(2)14-24(29(42)32-4)37-31(44)26(15-21-8-6-5-7-9-21)36-28(41)18-33-27(40)17-34-30(43)25(35-20(3)38)16-22-10-12-23(39)13-11-22/h5-13,19,24-26,39H,14-18H2,1-4H3,(H,32,42)(H,33,40)(H,34,43)(H,35,38)(H,36,41)(H,37,44)/t24-,25-,26-/m0/s1. The summed E-state index contributed by atoms with van der Waals surface area (Å²) >= 11 is 0. The van der Waals surface area contributed by atoms with Crippen molar-refractivity contribution in [2.75, 3.05) is 20.1 Å². The van der Waals surface area contributed by atoms with Crippen LogP contribution in [0.1, 0.15) is 38.3 Å². The molecule has 0 radical (unpaired) electrons. The molecule has 0 aliphatic heterocycles. The highest BCUT2D eigenvalue weighted by Gasteiger charge is 2.27. The average molecular weight is 611 g/mol. The van der Waals surface area contributed by atoms with Gasteiger partial charge in [-0.15, -0.1) is 0 Å². The Bertz CT molecular complexity index is 1280. The van der Waals surface area contributed by atoms with E-state index < -0.39 is 60.8 Å². The first-order valence-corrected chi connectivity index (χ1v) is 14.3. The van der Waals surface area contributed by atoms with Crippen molar-refractivity contribution in [1.29, 1.82) is 0 Å². The van der Waals surface area contributed by atoms with E-state index in [1.54, 1.807) is 36.4 Å². The van der Waals surface area contributed by atoms with Gasteiger partial charge in [0.15, 0.2) is 0 Å². The molecule has 3 atom stereocenters. The zero-order chi connectivity index (χ0) is 32.6. The zero-order valence-electron chi connectivity index (χ0n) is 25.4. The van der Waals surface area contributed by atoms with Crippen molar-refractivity contribution >= 4 is 35.4 Å². The van der Waals surface area contributed by atoms with Crippen LogP contribution in [0.5, 0.6) is 5.75 Å². The van der Waals surface area contributed by atoms with Crippen LogP contribution >= 0.6 is 0 Å². The van der Waals surface area contributed by atoms with Crippen LogP contribution in [-0.2, 0) is 41.6 Å². The highest BCUT2D eigenvalue weighted by Crippen LogP contribution is 2.12. The molecule has 0 aliphatic rings. The smallest absolute Gasteiger partial charge is 0.243 e. The predicted molar refractivity (Wildman–Crippen MR) is 163 cm³/mol. The molecule has 0 aromatic heterocycles. The number of carbonyl (C=O) groups is 6. The van der Waals surface area contributed by atoms with Gasteiger partial charge in [0.05, 0.1) is 13.1 Å². The quantitative estimate of drug-likeness (QED) is 0.135. The van der Waals surface area contributed by atoms with Crippen LogP contribution in [0.4, 0.5) is 0 Å². The SMILES string of the molecule is CNC(=O)[C@H](CC(C)C)NC(=O)[C@H](Cc1ccccc1)NC(=O)CNC(=O)CNC(=O)[C@H](Cc1ccc(O)cc1)NC(C)=O. The van der Waals surface area contributed by atoms with Gasteiger partial charge in [0.1, 0.15) is 23.9 Å². The summed E-state index contributed by atoms with van der Waals surface area (Å²) in [6.07, 6.45) is 0.672. The summed E-state index contributed by atoms with van der Waals surface area (Å²) < 4.78 is 0. The number of hydrogen-bond donors (Lipinski definition) is 7. The number of phenolic OH excluding ortho intramolecular Hbond substituents is 1. The van der Waals surface area contributed by atoms with E-state index in [0.29, 0.717) is 12.0 Å². The minimum absolute atomic E-state index is 0.0567. The molecule has 0 heterocycles. The number of likely N-dealkylation sites (N-methyl/N-ethyl adjacent to an activating group) is 1. The molecular formula is C31H42N6O7. The molecule has 6 amide bonds. The molecule has 2 rings (SSSR count). The van der Waals surface area contributed by atoms with Crippen LogP contribution in [-0.4, -0.2) is 78.8 Å². The zero-order valence-corrected chi connectivity index (χ0v) is 25.4. The van der Waals surface area contributed by atoms with Gasteiger partial charge >= 0.3 is 0 Å². The molecule has 0 fully saturated rings. The second-order valence-electron chi connectivity index (χ2n) is 10.7. The van der Waals surface area contributed by atoms with E-state index in [4.69, 9.17) is 0 Å². The fourth-order valence-electron chi connectivity index (χ4n) is 4.31.